The second-order valence-electron chi connectivity index (χ2n) is 3.81. The van der Waals surface area contributed by atoms with E-state index in [0.717, 1.165) is 5.56 Å². The van der Waals surface area contributed by atoms with E-state index in [4.69, 9.17) is 5.14 Å². The van der Waals surface area contributed by atoms with E-state index in [-0.39, 0.29) is 16.3 Å². The maximum absolute atomic E-state index is 11.3. The van der Waals surface area contributed by atoms with Gasteiger partial charge in [0.25, 0.3) is 5.56 Å². The number of hydrogen-bond acceptors (Lipinski definition) is 5. The molecule has 19 heavy (non-hydrogen) atoms. The van der Waals surface area contributed by atoms with Crippen LogP contribution >= 0.6 is 0 Å². The Labute approximate surface area is 109 Å². The number of aromatic amines is 1. The number of aromatic nitrogens is 2. The van der Waals surface area contributed by atoms with Crippen LogP contribution < -0.4 is 16.0 Å². The summed E-state index contributed by atoms with van der Waals surface area (Å²) in [5.74, 6) is 0.207. The fourth-order valence-electron chi connectivity index (χ4n) is 1.46. The van der Waals surface area contributed by atoms with E-state index in [0.29, 0.717) is 6.54 Å². The molecule has 2 aromatic rings. The van der Waals surface area contributed by atoms with Crippen molar-refractivity contribution in [3.8, 4) is 0 Å². The molecule has 0 fully saturated rings. The van der Waals surface area contributed by atoms with Crippen molar-refractivity contribution in [2.45, 2.75) is 11.4 Å². The van der Waals surface area contributed by atoms with Gasteiger partial charge in [0, 0.05) is 18.9 Å². The first kappa shape index (κ1) is 13.2. The highest BCUT2D eigenvalue weighted by Gasteiger charge is 2.06. The molecule has 1 heterocycles. The van der Waals surface area contributed by atoms with Gasteiger partial charge in [-0.05, 0) is 17.7 Å². The quantitative estimate of drug-likeness (QED) is 0.730. The van der Waals surface area contributed by atoms with Gasteiger partial charge in [-0.3, -0.25) is 4.79 Å². The van der Waals surface area contributed by atoms with Gasteiger partial charge >= 0.3 is 0 Å². The van der Waals surface area contributed by atoms with Crippen molar-refractivity contribution in [3.63, 3.8) is 0 Å². The molecule has 4 N–H and O–H groups in total. The van der Waals surface area contributed by atoms with Crippen molar-refractivity contribution in [1.29, 1.82) is 0 Å². The third-order valence-corrected chi connectivity index (χ3v) is 3.35. The van der Waals surface area contributed by atoms with Crippen molar-refractivity contribution >= 4 is 15.8 Å². The molecule has 8 heteroatoms. The molecule has 0 amide bonds. The Morgan fingerprint density at radius 1 is 1.26 bits per heavy atom. The molecule has 0 bridgehead atoms. The highest BCUT2D eigenvalue weighted by atomic mass is 32.2. The van der Waals surface area contributed by atoms with Crippen LogP contribution in [0.15, 0.2) is 46.3 Å². The first-order chi connectivity index (χ1) is 8.97. The molecule has 0 aliphatic rings. The molecule has 100 valence electrons. The number of H-pyrrole nitrogens is 1. The van der Waals surface area contributed by atoms with Crippen LogP contribution in [0.5, 0.6) is 0 Å². The first-order valence-corrected chi connectivity index (χ1v) is 6.91. The fraction of sp³-hybridized carbons (Fsp3) is 0.0909. The fourth-order valence-corrected chi connectivity index (χ4v) is 1.98. The van der Waals surface area contributed by atoms with Gasteiger partial charge in [0.2, 0.25) is 10.0 Å². The lowest BCUT2D eigenvalue weighted by molar-refractivity contribution is 0.598. The Kier molecular flexibility index (Phi) is 3.63. The summed E-state index contributed by atoms with van der Waals surface area (Å²) in [6.45, 7) is 0.352. The van der Waals surface area contributed by atoms with Crippen LogP contribution in [0.4, 0.5) is 5.82 Å². The van der Waals surface area contributed by atoms with E-state index >= 15 is 0 Å². The molecule has 0 spiro atoms. The van der Waals surface area contributed by atoms with Gasteiger partial charge in [-0.15, -0.1) is 0 Å². The zero-order chi connectivity index (χ0) is 13.9. The summed E-state index contributed by atoms with van der Waals surface area (Å²) in [7, 11) is -3.68. The van der Waals surface area contributed by atoms with Gasteiger partial charge in [-0.25, -0.2) is 18.5 Å². The first-order valence-electron chi connectivity index (χ1n) is 5.36. The minimum Gasteiger partial charge on any atom is -0.361 e. The van der Waals surface area contributed by atoms with Crippen molar-refractivity contribution < 1.29 is 8.42 Å². The van der Waals surface area contributed by atoms with E-state index in [9.17, 15) is 13.2 Å². The van der Waals surface area contributed by atoms with Crippen molar-refractivity contribution in [1.82, 2.24) is 9.97 Å². The third-order valence-electron chi connectivity index (χ3n) is 2.42. The van der Waals surface area contributed by atoms with Gasteiger partial charge in [0.15, 0.2) is 5.82 Å². The second kappa shape index (κ2) is 5.21. The molecule has 0 atom stereocenters. The highest BCUT2D eigenvalue weighted by molar-refractivity contribution is 7.89. The Bertz CT molecular complexity index is 722. The van der Waals surface area contributed by atoms with E-state index in [1.54, 1.807) is 12.1 Å². The maximum Gasteiger partial charge on any atom is 0.290 e. The summed E-state index contributed by atoms with van der Waals surface area (Å²) in [5, 5.41) is 7.84. The second-order valence-corrected chi connectivity index (χ2v) is 5.37. The Morgan fingerprint density at radius 2 is 1.95 bits per heavy atom. The van der Waals surface area contributed by atoms with E-state index in [2.05, 4.69) is 15.3 Å². The average molecular weight is 280 g/mol. The highest BCUT2D eigenvalue weighted by Crippen LogP contribution is 2.09. The smallest absolute Gasteiger partial charge is 0.290 e. The van der Waals surface area contributed by atoms with Crippen molar-refractivity contribution in [2.75, 3.05) is 5.32 Å². The molecule has 7 nitrogen and oxygen atoms in total. The predicted molar refractivity (Wildman–Crippen MR) is 70.0 cm³/mol. The van der Waals surface area contributed by atoms with Gasteiger partial charge < -0.3 is 10.3 Å². The summed E-state index contributed by atoms with van der Waals surface area (Å²) in [5.41, 5.74) is 0.487. The van der Waals surface area contributed by atoms with Gasteiger partial charge in [-0.1, -0.05) is 12.1 Å². The summed E-state index contributed by atoms with van der Waals surface area (Å²) in [6.07, 6.45) is 2.91. The number of nitrogens with two attached hydrogens (primary N) is 1. The summed E-state index contributed by atoms with van der Waals surface area (Å²) < 4.78 is 22.1. The Hall–Kier alpha value is -2.19. The van der Waals surface area contributed by atoms with Crippen molar-refractivity contribution in [3.05, 3.63) is 52.6 Å². The average Bonchev–Trinajstić information content (AvgIpc) is 2.37. The maximum atomic E-state index is 11.3. The van der Waals surface area contributed by atoms with E-state index < -0.39 is 10.0 Å². The molecule has 1 aromatic carbocycles. The molecule has 0 unspecified atom stereocenters. The minimum atomic E-state index is -3.68. The number of rotatable bonds is 4. The lowest BCUT2D eigenvalue weighted by Gasteiger charge is -2.05. The molecule has 0 radical (unpaired) electrons. The standard InChI is InChI=1S/C11H12N4O3S/c12-19(17,18)9-3-1-8(2-4-9)7-15-10-11(16)14-6-5-13-10/h1-6H,7H2,(H,13,15)(H,14,16)(H2,12,17,18). The van der Waals surface area contributed by atoms with Crippen LogP contribution in [0, 0.1) is 0 Å². The number of primary sulfonamides is 1. The van der Waals surface area contributed by atoms with E-state index in [1.807, 2.05) is 0 Å². The molecular weight excluding hydrogens is 268 g/mol. The van der Waals surface area contributed by atoms with Crippen LogP contribution in [0.2, 0.25) is 0 Å². The Morgan fingerprint density at radius 3 is 2.53 bits per heavy atom. The van der Waals surface area contributed by atoms with Crippen LogP contribution in [0.1, 0.15) is 5.56 Å². The SMILES string of the molecule is NS(=O)(=O)c1ccc(CNc2ncc[nH]c2=O)cc1. The number of benzene rings is 1. The van der Waals surface area contributed by atoms with E-state index in [1.165, 1.54) is 24.5 Å². The molecule has 0 aliphatic heterocycles. The number of anilines is 1. The van der Waals surface area contributed by atoms with Crippen LogP contribution in [-0.4, -0.2) is 18.4 Å². The zero-order valence-corrected chi connectivity index (χ0v) is 10.6. The summed E-state index contributed by atoms with van der Waals surface area (Å²) in [4.78, 5) is 17.8. The molecule has 2 rings (SSSR count). The normalized spacial score (nSPS) is 11.2. The largest absolute Gasteiger partial charge is 0.361 e. The molecule has 0 saturated heterocycles. The molecule has 0 saturated carbocycles. The third kappa shape index (κ3) is 3.39. The number of hydrogen-bond donors (Lipinski definition) is 3. The number of sulfonamides is 1. The van der Waals surface area contributed by atoms with Gasteiger partial charge in [0.1, 0.15) is 0 Å². The lowest BCUT2D eigenvalue weighted by Crippen LogP contribution is -2.15. The minimum absolute atomic E-state index is 0.0481. The summed E-state index contributed by atoms with van der Waals surface area (Å²) >= 11 is 0. The summed E-state index contributed by atoms with van der Waals surface area (Å²) in [6, 6.07) is 6.05. The van der Waals surface area contributed by atoms with Crippen LogP contribution in [-0.2, 0) is 16.6 Å². The zero-order valence-electron chi connectivity index (χ0n) is 9.83. The number of nitrogens with one attached hydrogen (secondary N) is 2. The van der Waals surface area contributed by atoms with Crippen LogP contribution in [0.3, 0.4) is 0 Å². The van der Waals surface area contributed by atoms with Gasteiger partial charge in [-0.2, -0.15) is 0 Å². The van der Waals surface area contributed by atoms with Gasteiger partial charge in [0.05, 0.1) is 4.90 Å². The topological polar surface area (TPSA) is 118 Å². The predicted octanol–water partition coefficient (Wildman–Crippen LogP) is 0.0294. The molecular formula is C11H12N4O3S. The molecule has 1 aromatic heterocycles. The Balaban J connectivity index is 2.09. The van der Waals surface area contributed by atoms with Crippen molar-refractivity contribution in [2.24, 2.45) is 5.14 Å². The lowest BCUT2D eigenvalue weighted by atomic mass is 10.2. The monoisotopic (exact) mass is 280 g/mol. The number of nitrogens with zero attached hydrogens (tertiary/aromatic N) is 1. The molecule has 0 aliphatic carbocycles. The van der Waals surface area contributed by atoms with Crippen LogP contribution in [0.25, 0.3) is 0 Å².